The molecule has 0 unspecified atom stereocenters. The molecule has 1 aliphatic heterocycles. The molecule has 0 spiro atoms. The van der Waals surface area contributed by atoms with Crippen LogP contribution in [0.3, 0.4) is 0 Å². The van der Waals surface area contributed by atoms with Crippen molar-refractivity contribution in [3.05, 3.63) is 29.8 Å². The van der Waals surface area contributed by atoms with Gasteiger partial charge < -0.3 is 4.90 Å². The highest BCUT2D eigenvalue weighted by Crippen LogP contribution is 2.30. The van der Waals surface area contributed by atoms with E-state index in [1.54, 1.807) is 24.3 Å². The van der Waals surface area contributed by atoms with E-state index in [-0.39, 0.29) is 11.7 Å². The van der Waals surface area contributed by atoms with Crippen LogP contribution >= 0.6 is 0 Å². The molecule has 0 atom stereocenters. The zero-order chi connectivity index (χ0) is 16.6. The molecule has 2 fully saturated rings. The van der Waals surface area contributed by atoms with Crippen molar-refractivity contribution in [3.8, 4) is 0 Å². The van der Waals surface area contributed by atoms with Crippen LogP contribution in [0.1, 0.15) is 43.5 Å². The number of hydrogen-bond acceptors (Lipinski definition) is 3. The lowest BCUT2D eigenvalue weighted by molar-refractivity contribution is 0.0722. The molecule has 2 aliphatic rings. The van der Waals surface area contributed by atoms with Gasteiger partial charge >= 0.3 is 0 Å². The van der Waals surface area contributed by atoms with E-state index in [2.05, 4.69) is 13.8 Å². The third-order valence-electron chi connectivity index (χ3n) is 4.29. The van der Waals surface area contributed by atoms with Gasteiger partial charge in [-0.15, -0.1) is 0 Å². The van der Waals surface area contributed by atoms with Gasteiger partial charge in [-0.1, -0.05) is 19.9 Å². The largest absolute Gasteiger partial charge is 0.335 e. The lowest BCUT2D eigenvalue weighted by atomic mass is 10.1. The Morgan fingerprint density at radius 3 is 2.65 bits per heavy atom. The van der Waals surface area contributed by atoms with Crippen molar-refractivity contribution in [1.82, 2.24) is 4.90 Å². The summed E-state index contributed by atoms with van der Waals surface area (Å²) in [7, 11) is -3.22. The minimum atomic E-state index is -3.22. The Labute approximate surface area is 138 Å². The lowest BCUT2D eigenvalue weighted by Gasteiger charge is -2.25. The summed E-state index contributed by atoms with van der Waals surface area (Å²) in [5.41, 5.74) is 1.19. The van der Waals surface area contributed by atoms with Gasteiger partial charge in [0.05, 0.1) is 11.4 Å². The molecule has 126 valence electrons. The second kappa shape index (κ2) is 6.15. The maximum atomic E-state index is 12.8. The van der Waals surface area contributed by atoms with Gasteiger partial charge in [-0.25, -0.2) is 8.42 Å². The number of hydrogen-bond donors (Lipinski definition) is 0. The first-order chi connectivity index (χ1) is 10.9. The topological polar surface area (TPSA) is 57.7 Å². The van der Waals surface area contributed by atoms with E-state index in [1.165, 1.54) is 4.31 Å². The van der Waals surface area contributed by atoms with E-state index in [0.717, 1.165) is 19.4 Å². The maximum absolute atomic E-state index is 12.8. The molecule has 6 heteroatoms. The van der Waals surface area contributed by atoms with Crippen LogP contribution in [-0.2, 0) is 10.0 Å². The fourth-order valence-corrected chi connectivity index (χ4v) is 4.62. The molecule has 1 aromatic rings. The second-order valence-corrected chi connectivity index (χ2v) is 8.89. The molecule has 1 saturated heterocycles. The fourth-order valence-electron chi connectivity index (χ4n) is 3.07. The molecule has 1 aliphatic carbocycles. The number of anilines is 1. The number of benzene rings is 1. The van der Waals surface area contributed by atoms with Crippen molar-refractivity contribution < 1.29 is 13.2 Å². The van der Waals surface area contributed by atoms with E-state index in [0.29, 0.717) is 36.2 Å². The predicted molar refractivity (Wildman–Crippen MR) is 91.1 cm³/mol. The zero-order valence-electron chi connectivity index (χ0n) is 13.7. The maximum Gasteiger partial charge on any atom is 0.254 e. The van der Waals surface area contributed by atoms with Crippen molar-refractivity contribution in [2.24, 2.45) is 5.92 Å². The van der Waals surface area contributed by atoms with Crippen molar-refractivity contribution in [3.63, 3.8) is 0 Å². The first kappa shape index (κ1) is 16.3. The average Bonchev–Trinajstić information content (AvgIpc) is 3.27. The Hall–Kier alpha value is -1.56. The third kappa shape index (κ3) is 3.52. The first-order valence-corrected chi connectivity index (χ1v) is 9.91. The molecule has 1 heterocycles. The first-order valence-electron chi connectivity index (χ1n) is 8.30. The Bertz CT molecular complexity index is 696. The number of nitrogens with zero attached hydrogens (tertiary/aromatic N) is 2. The van der Waals surface area contributed by atoms with Crippen molar-refractivity contribution in [1.29, 1.82) is 0 Å². The van der Waals surface area contributed by atoms with E-state index in [1.807, 2.05) is 4.90 Å². The Morgan fingerprint density at radius 1 is 1.35 bits per heavy atom. The van der Waals surface area contributed by atoms with Crippen LogP contribution in [0.2, 0.25) is 0 Å². The molecule has 5 nitrogen and oxygen atoms in total. The highest BCUT2D eigenvalue weighted by molar-refractivity contribution is 7.93. The van der Waals surface area contributed by atoms with Crippen LogP contribution < -0.4 is 4.31 Å². The van der Waals surface area contributed by atoms with Gasteiger partial charge in [-0.05, 0) is 43.4 Å². The van der Waals surface area contributed by atoms with Crippen molar-refractivity contribution in [2.45, 2.75) is 39.2 Å². The van der Waals surface area contributed by atoms with E-state index < -0.39 is 10.0 Å². The molecule has 0 radical (unpaired) electrons. The van der Waals surface area contributed by atoms with Gasteiger partial charge in [-0.2, -0.15) is 0 Å². The number of rotatable bonds is 5. The predicted octanol–water partition coefficient (Wildman–Crippen LogP) is 2.49. The SMILES string of the molecule is CC(C)CN(C(=O)c1cccc(N2CCCS2(=O)=O)c1)C1CC1. The summed E-state index contributed by atoms with van der Waals surface area (Å²) in [6.45, 7) is 5.46. The van der Waals surface area contributed by atoms with E-state index in [4.69, 9.17) is 0 Å². The number of sulfonamides is 1. The number of carbonyl (C=O) groups excluding carboxylic acids is 1. The number of amides is 1. The van der Waals surface area contributed by atoms with Crippen LogP contribution in [0.25, 0.3) is 0 Å². The molecule has 23 heavy (non-hydrogen) atoms. The van der Waals surface area contributed by atoms with Gasteiger partial charge in [0.1, 0.15) is 0 Å². The summed E-state index contributed by atoms with van der Waals surface area (Å²) in [6.07, 6.45) is 2.78. The minimum Gasteiger partial charge on any atom is -0.335 e. The van der Waals surface area contributed by atoms with Crippen LogP contribution in [0.5, 0.6) is 0 Å². The highest BCUT2D eigenvalue weighted by atomic mass is 32.2. The molecular weight excluding hydrogens is 312 g/mol. The summed E-state index contributed by atoms with van der Waals surface area (Å²) >= 11 is 0. The Balaban J connectivity index is 1.85. The molecule has 0 N–H and O–H groups in total. The number of carbonyl (C=O) groups is 1. The molecule has 0 aromatic heterocycles. The molecule has 1 saturated carbocycles. The zero-order valence-corrected chi connectivity index (χ0v) is 14.6. The normalized spacial score (nSPS) is 20.0. The summed E-state index contributed by atoms with van der Waals surface area (Å²) < 4.78 is 25.6. The molecule has 3 rings (SSSR count). The summed E-state index contributed by atoms with van der Waals surface area (Å²) in [5, 5.41) is 0. The van der Waals surface area contributed by atoms with Gasteiger partial charge in [0.15, 0.2) is 0 Å². The van der Waals surface area contributed by atoms with Crippen LogP contribution in [0.4, 0.5) is 5.69 Å². The summed E-state index contributed by atoms with van der Waals surface area (Å²) in [4.78, 5) is 14.8. The molecule has 1 amide bonds. The van der Waals surface area contributed by atoms with Gasteiger partial charge in [0.2, 0.25) is 10.0 Å². The highest BCUT2D eigenvalue weighted by Gasteiger charge is 2.34. The monoisotopic (exact) mass is 336 g/mol. The lowest BCUT2D eigenvalue weighted by Crippen LogP contribution is -2.36. The van der Waals surface area contributed by atoms with Gasteiger partial charge in [-0.3, -0.25) is 9.10 Å². The minimum absolute atomic E-state index is 0.0136. The van der Waals surface area contributed by atoms with E-state index >= 15 is 0 Å². The van der Waals surface area contributed by atoms with Crippen LogP contribution in [-0.4, -0.2) is 44.1 Å². The third-order valence-corrected chi connectivity index (χ3v) is 6.16. The molecular formula is C17H24N2O3S. The molecule has 1 aromatic carbocycles. The van der Waals surface area contributed by atoms with Crippen LogP contribution in [0, 0.1) is 5.92 Å². The van der Waals surface area contributed by atoms with Crippen LogP contribution in [0.15, 0.2) is 24.3 Å². The van der Waals surface area contributed by atoms with E-state index in [9.17, 15) is 13.2 Å². The summed E-state index contributed by atoms with van der Waals surface area (Å²) in [5.74, 6) is 0.619. The van der Waals surface area contributed by atoms with Crippen molar-refractivity contribution in [2.75, 3.05) is 23.1 Å². The molecule has 0 bridgehead atoms. The standard InChI is InChI=1S/C17H24N2O3S/c1-13(2)12-18(15-7-8-15)17(20)14-5-3-6-16(11-14)19-9-4-10-23(19,21)22/h3,5-6,11,13,15H,4,7-10,12H2,1-2H3. The Kier molecular flexibility index (Phi) is 4.36. The average molecular weight is 336 g/mol. The van der Waals surface area contributed by atoms with Crippen molar-refractivity contribution >= 4 is 21.6 Å². The van der Waals surface area contributed by atoms with Gasteiger partial charge in [0.25, 0.3) is 5.91 Å². The smallest absolute Gasteiger partial charge is 0.254 e. The second-order valence-electron chi connectivity index (χ2n) is 6.87. The summed E-state index contributed by atoms with van der Waals surface area (Å²) in [6, 6.07) is 7.40. The van der Waals surface area contributed by atoms with Gasteiger partial charge in [0, 0.05) is 24.7 Å². The quantitative estimate of drug-likeness (QED) is 0.830. The fraction of sp³-hybridized carbons (Fsp3) is 0.588. The Morgan fingerprint density at radius 2 is 2.09 bits per heavy atom.